The lowest BCUT2D eigenvalue weighted by molar-refractivity contribution is 0.287. The van der Waals surface area contributed by atoms with Crippen LogP contribution in [0.1, 0.15) is 36.3 Å². The highest BCUT2D eigenvalue weighted by Crippen LogP contribution is 2.32. The van der Waals surface area contributed by atoms with Crippen LogP contribution in [0.5, 0.6) is 5.75 Å². The van der Waals surface area contributed by atoms with Gasteiger partial charge >= 0.3 is 0 Å². The molecule has 0 saturated carbocycles. The van der Waals surface area contributed by atoms with Crippen molar-refractivity contribution in [2.24, 2.45) is 0 Å². The van der Waals surface area contributed by atoms with E-state index in [-0.39, 0.29) is 0 Å². The van der Waals surface area contributed by atoms with Gasteiger partial charge in [-0.25, -0.2) is 5.32 Å². The lowest BCUT2D eigenvalue weighted by Gasteiger charge is -2.24. The Kier molecular flexibility index (Phi) is 2.83. The van der Waals surface area contributed by atoms with E-state index in [1.165, 1.54) is 30.4 Å². The molecule has 16 heavy (non-hydrogen) atoms. The standard InChI is InChI=1S/C14H18NO/c1-2-12-3-4-13(10-14(12)16-9-1)11-5-7-15-8-6-11/h3-4,10-11H,1-2,5-9H2. The third kappa shape index (κ3) is 1.94. The molecule has 0 amide bonds. The van der Waals surface area contributed by atoms with Crippen LogP contribution in [0, 0.1) is 0 Å². The summed E-state index contributed by atoms with van der Waals surface area (Å²) < 4.78 is 5.73. The number of fused-ring (bicyclic) bond motifs is 1. The Hall–Kier alpha value is -1.02. The number of ether oxygens (including phenoxy) is 1. The van der Waals surface area contributed by atoms with Gasteiger partial charge in [-0.3, -0.25) is 0 Å². The highest BCUT2D eigenvalue weighted by molar-refractivity contribution is 5.40. The highest BCUT2D eigenvalue weighted by Gasteiger charge is 2.18. The molecule has 0 unspecified atom stereocenters. The minimum atomic E-state index is 0.702. The summed E-state index contributed by atoms with van der Waals surface area (Å²) in [5.41, 5.74) is 2.84. The Morgan fingerprint density at radius 3 is 2.94 bits per heavy atom. The Morgan fingerprint density at radius 2 is 2.06 bits per heavy atom. The van der Waals surface area contributed by atoms with Crippen LogP contribution in [0.3, 0.4) is 0 Å². The van der Waals surface area contributed by atoms with Crippen LogP contribution < -0.4 is 10.1 Å². The molecule has 3 rings (SSSR count). The molecule has 0 atom stereocenters. The van der Waals surface area contributed by atoms with Gasteiger partial charge in [0.05, 0.1) is 6.61 Å². The second kappa shape index (κ2) is 4.46. The fourth-order valence-corrected chi connectivity index (χ4v) is 2.69. The van der Waals surface area contributed by atoms with Crippen LogP contribution in [-0.2, 0) is 6.42 Å². The van der Waals surface area contributed by atoms with Crippen molar-refractivity contribution in [3.63, 3.8) is 0 Å². The molecule has 0 aromatic heterocycles. The van der Waals surface area contributed by atoms with E-state index in [1.807, 2.05) is 0 Å². The van der Waals surface area contributed by atoms with Crippen molar-refractivity contribution in [2.45, 2.75) is 31.6 Å². The first-order valence-corrected chi connectivity index (χ1v) is 6.32. The zero-order chi connectivity index (χ0) is 10.8. The van der Waals surface area contributed by atoms with Gasteiger partial charge < -0.3 is 4.74 Å². The molecular formula is C14H18NO. The minimum absolute atomic E-state index is 0.702. The van der Waals surface area contributed by atoms with Gasteiger partial charge in [0, 0.05) is 13.1 Å². The van der Waals surface area contributed by atoms with Crippen molar-refractivity contribution in [3.05, 3.63) is 29.3 Å². The Balaban J connectivity index is 1.84. The van der Waals surface area contributed by atoms with Gasteiger partial charge in [-0.2, -0.15) is 0 Å². The number of nitrogens with zero attached hydrogens (tertiary/aromatic N) is 1. The van der Waals surface area contributed by atoms with E-state index in [2.05, 4.69) is 23.5 Å². The first kappa shape index (κ1) is 10.2. The Labute approximate surface area is 97.0 Å². The number of rotatable bonds is 1. The lowest BCUT2D eigenvalue weighted by atomic mass is 9.89. The molecule has 0 N–H and O–H groups in total. The smallest absolute Gasteiger partial charge is 0.122 e. The summed E-state index contributed by atoms with van der Waals surface area (Å²) in [4.78, 5) is 0. The maximum absolute atomic E-state index is 5.73. The fourth-order valence-electron chi connectivity index (χ4n) is 2.69. The lowest BCUT2D eigenvalue weighted by Crippen LogP contribution is -2.21. The molecule has 2 aliphatic heterocycles. The van der Waals surface area contributed by atoms with Crippen molar-refractivity contribution >= 4 is 0 Å². The van der Waals surface area contributed by atoms with Crippen molar-refractivity contribution in [2.75, 3.05) is 19.7 Å². The summed E-state index contributed by atoms with van der Waals surface area (Å²) in [6, 6.07) is 6.82. The van der Waals surface area contributed by atoms with Crippen LogP contribution in [-0.4, -0.2) is 19.7 Å². The summed E-state index contributed by atoms with van der Waals surface area (Å²) in [6.45, 7) is 2.95. The summed E-state index contributed by atoms with van der Waals surface area (Å²) in [6.07, 6.45) is 4.75. The van der Waals surface area contributed by atoms with Gasteiger partial charge in [0.25, 0.3) is 0 Å². The van der Waals surface area contributed by atoms with Gasteiger partial charge in [0.1, 0.15) is 5.75 Å². The number of hydrogen-bond donors (Lipinski definition) is 0. The average molecular weight is 216 g/mol. The van der Waals surface area contributed by atoms with Gasteiger partial charge in [-0.05, 0) is 48.8 Å². The maximum Gasteiger partial charge on any atom is 0.122 e. The highest BCUT2D eigenvalue weighted by atomic mass is 16.5. The summed E-state index contributed by atoms with van der Waals surface area (Å²) in [7, 11) is 0. The van der Waals surface area contributed by atoms with E-state index in [9.17, 15) is 0 Å². The molecule has 1 radical (unpaired) electrons. The number of hydrogen-bond acceptors (Lipinski definition) is 1. The first-order chi connectivity index (χ1) is 7.93. The molecule has 2 heterocycles. The number of piperidine rings is 1. The molecule has 0 aliphatic carbocycles. The Bertz CT molecular complexity index is 369. The largest absolute Gasteiger partial charge is 0.493 e. The zero-order valence-corrected chi connectivity index (χ0v) is 9.61. The normalized spacial score (nSPS) is 21.2. The molecule has 1 aromatic rings. The number of aryl methyl sites for hydroxylation is 1. The van der Waals surface area contributed by atoms with Crippen LogP contribution in [0.2, 0.25) is 0 Å². The van der Waals surface area contributed by atoms with E-state index < -0.39 is 0 Å². The van der Waals surface area contributed by atoms with E-state index in [0.29, 0.717) is 5.92 Å². The molecule has 1 aromatic carbocycles. The monoisotopic (exact) mass is 216 g/mol. The topological polar surface area (TPSA) is 23.3 Å². The summed E-state index contributed by atoms with van der Waals surface area (Å²) in [5.74, 6) is 1.83. The van der Waals surface area contributed by atoms with Crippen LogP contribution in [0.4, 0.5) is 0 Å². The van der Waals surface area contributed by atoms with Gasteiger partial charge in [0.15, 0.2) is 0 Å². The van der Waals surface area contributed by atoms with E-state index in [0.717, 1.165) is 31.9 Å². The molecule has 0 spiro atoms. The van der Waals surface area contributed by atoms with Gasteiger partial charge in [0.2, 0.25) is 0 Å². The molecule has 1 fully saturated rings. The number of benzene rings is 1. The van der Waals surface area contributed by atoms with E-state index in [4.69, 9.17) is 4.74 Å². The van der Waals surface area contributed by atoms with Crippen molar-refractivity contribution < 1.29 is 4.74 Å². The van der Waals surface area contributed by atoms with Gasteiger partial charge in [-0.15, -0.1) is 0 Å². The van der Waals surface area contributed by atoms with Crippen LogP contribution in [0.15, 0.2) is 18.2 Å². The minimum Gasteiger partial charge on any atom is -0.493 e. The average Bonchev–Trinajstić information content (AvgIpc) is 2.39. The van der Waals surface area contributed by atoms with E-state index >= 15 is 0 Å². The third-order valence-corrected chi connectivity index (χ3v) is 3.68. The van der Waals surface area contributed by atoms with Crippen LogP contribution in [0.25, 0.3) is 0 Å². The second-order valence-corrected chi connectivity index (χ2v) is 4.76. The quantitative estimate of drug-likeness (QED) is 0.707. The van der Waals surface area contributed by atoms with E-state index in [1.54, 1.807) is 0 Å². The Morgan fingerprint density at radius 1 is 1.19 bits per heavy atom. The second-order valence-electron chi connectivity index (χ2n) is 4.76. The summed E-state index contributed by atoms with van der Waals surface area (Å²) in [5, 5.41) is 4.41. The zero-order valence-electron chi connectivity index (χ0n) is 9.61. The molecule has 2 aliphatic rings. The molecule has 0 bridgehead atoms. The predicted octanol–water partition coefficient (Wildman–Crippen LogP) is 2.49. The molecule has 2 nitrogen and oxygen atoms in total. The third-order valence-electron chi connectivity index (χ3n) is 3.68. The van der Waals surface area contributed by atoms with Crippen LogP contribution >= 0.6 is 0 Å². The molecule has 1 saturated heterocycles. The van der Waals surface area contributed by atoms with Gasteiger partial charge in [-0.1, -0.05) is 12.1 Å². The maximum atomic E-state index is 5.73. The molecule has 85 valence electrons. The SMILES string of the molecule is c1cc2c(cc1C1CC[N]CC1)OCCC2. The first-order valence-electron chi connectivity index (χ1n) is 6.32. The van der Waals surface area contributed by atoms with Crippen molar-refractivity contribution in [1.29, 1.82) is 0 Å². The molecule has 2 heteroatoms. The fraction of sp³-hybridized carbons (Fsp3) is 0.571. The molecular weight excluding hydrogens is 198 g/mol. The predicted molar refractivity (Wildman–Crippen MR) is 64.1 cm³/mol. The van der Waals surface area contributed by atoms with Crippen molar-refractivity contribution in [3.8, 4) is 5.75 Å². The van der Waals surface area contributed by atoms with Crippen molar-refractivity contribution in [1.82, 2.24) is 5.32 Å². The summed E-state index contributed by atoms with van der Waals surface area (Å²) >= 11 is 0.